The molecule has 0 heterocycles. The first-order valence-electron chi connectivity index (χ1n) is 8.92. The van der Waals surface area contributed by atoms with Crippen LogP contribution < -0.4 is 0 Å². The summed E-state index contributed by atoms with van der Waals surface area (Å²) in [6.07, 6.45) is 9.26. The summed E-state index contributed by atoms with van der Waals surface area (Å²) in [6, 6.07) is 23.5. The molecule has 2 radical (unpaired) electrons. The molecule has 0 aliphatic heterocycles. The van der Waals surface area contributed by atoms with Crippen molar-refractivity contribution in [3.8, 4) is 0 Å². The van der Waals surface area contributed by atoms with Gasteiger partial charge < -0.3 is 0 Å². The summed E-state index contributed by atoms with van der Waals surface area (Å²) in [5.41, 5.74) is 3.53. The number of hydrogen-bond donors (Lipinski definition) is 0. The van der Waals surface area contributed by atoms with Gasteiger partial charge in [-0.3, -0.25) is 0 Å². The molecule has 116 valence electrons. The molecular weight excluding hydrogens is 292 g/mol. The molecule has 1 fully saturated rings. The molecule has 23 heavy (non-hydrogen) atoms. The molecule has 2 bridgehead atoms. The normalized spacial score (nSPS) is 25.3. The minimum Gasteiger partial charge on any atom is -0.0851 e. The lowest BCUT2D eigenvalue weighted by Crippen LogP contribution is -2.13. The first-order chi connectivity index (χ1) is 11.4. The van der Waals surface area contributed by atoms with Crippen LogP contribution in [0.5, 0.6) is 0 Å². The lowest BCUT2D eigenvalue weighted by atomic mass is 9.91. The number of rotatable bonds is 6. The summed E-state index contributed by atoms with van der Waals surface area (Å²) in [7, 11) is 0.987. The van der Waals surface area contributed by atoms with Gasteiger partial charge in [0.1, 0.15) is 0 Å². The van der Waals surface area contributed by atoms with E-state index in [-0.39, 0.29) is 0 Å². The fourth-order valence-electron chi connectivity index (χ4n) is 4.36. The van der Waals surface area contributed by atoms with Crippen molar-refractivity contribution in [2.24, 2.45) is 17.8 Å². The molecule has 0 amide bonds. The highest BCUT2D eigenvalue weighted by molar-refractivity contribution is 6.39. The van der Waals surface area contributed by atoms with Crippen LogP contribution in [-0.2, 0) is 0 Å². The summed E-state index contributed by atoms with van der Waals surface area (Å²) in [5.74, 6) is 2.77. The molecule has 1 heteroatoms. The van der Waals surface area contributed by atoms with Crippen molar-refractivity contribution in [2.45, 2.75) is 30.8 Å². The summed E-state index contributed by atoms with van der Waals surface area (Å²) in [5, 5.41) is 0. The fraction of sp³-hybridized carbons (Fsp3) is 0.364. The van der Waals surface area contributed by atoms with E-state index in [9.17, 15) is 0 Å². The molecular formula is C22H24Si. The van der Waals surface area contributed by atoms with Crippen molar-refractivity contribution in [2.75, 3.05) is 0 Å². The van der Waals surface area contributed by atoms with Crippen LogP contribution in [0.1, 0.15) is 35.9 Å². The molecule has 2 aromatic carbocycles. The molecule has 0 spiro atoms. The summed E-state index contributed by atoms with van der Waals surface area (Å²) >= 11 is 0. The third kappa shape index (κ3) is 3.35. The van der Waals surface area contributed by atoms with Gasteiger partial charge in [0.05, 0.1) is 9.52 Å². The average molecular weight is 317 g/mol. The smallest absolute Gasteiger partial charge is 0.0534 e. The van der Waals surface area contributed by atoms with Crippen molar-refractivity contribution in [3.05, 3.63) is 83.9 Å². The van der Waals surface area contributed by atoms with Crippen molar-refractivity contribution in [3.63, 3.8) is 0 Å². The maximum absolute atomic E-state index is 2.49. The molecule has 2 aromatic rings. The van der Waals surface area contributed by atoms with Crippen molar-refractivity contribution in [1.82, 2.24) is 0 Å². The first-order valence-corrected chi connectivity index (χ1v) is 10.2. The predicted octanol–water partition coefficient (Wildman–Crippen LogP) is 5.50. The second-order valence-corrected chi connectivity index (χ2v) is 8.52. The van der Waals surface area contributed by atoms with Crippen LogP contribution in [0.4, 0.5) is 0 Å². The molecule has 0 aromatic heterocycles. The van der Waals surface area contributed by atoms with Crippen LogP contribution in [0.3, 0.4) is 0 Å². The highest BCUT2D eigenvalue weighted by atomic mass is 28.2. The van der Waals surface area contributed by atoms with Gasteiger partial charge in [0.2, 0.25) is 0 Å². The zero-order valence-electron chi connectivity index (χ0n) is 13.6. The van der Waals surface area contributed by atoms with E-state index in [1.807, 2.05) is 0 Å². The van der Waals surface area contributed by atoms with Gasteiger partial charge in [0.15, 0.2) is 0 Å². The Balaban J connectivity index is 1.43. The van der Waals surface area contributed by atoms with Gasteiger partial charge in [-0.2, -0.15) is 0 Å². The Morgan fingerprint density at radius 2 is 1.48 bits per heavy atom. The van der Waals surface area contributed by atoms with E-state index in [0.29, 0.717) is 5.54 Å². The quantitative estimate of drug-likeness (QED) is 0.487. The van der Waals surface area contributed by atoms with Crippen LogP contribution >= 0.6 is 0 Å². The standard InChI is InChI=1S/C22H24Si/c1-3-7-18(8-4-1)22(19-9-5-2-6-10-19)23-14-13-21-16-17-11-12-20(21)15-17/h1-12,17,20-22H,13-16H2. The van der Waals surface area contributed by atoms with Gasteiger partial charge in [-0.25, -0.2) is 0 Å². The Morgan fingerprint density at radius 3 is 2.00 bits per heavy atom. The third-order valence-electron chi connectivity index (χ3n) is 5.55. The second kappa shape index (κ2) is 6.88. The second-order valence-electron chi connectivity index (χ2n) is 7.04. The fourth-order valence-corrected chi connectivity index (χ4v) is 6.04. The Hall–Kier alpha value is -1.60. The SMILES string of the molecule is C1=CC2CC1CC2CC[Si]C(c1ccccc1)c1ccccc1. The Bertz CT molecular complexity index is 607. The zero-order chi connectivity index (χ0) is 15.5. The van der Waals surface area contributed by atoms with E-state index >= 15 is 0 Å². The van der Waals surface area contributed by atoms with E-state index in [2.05, 4.69) is 72.8 Å². The van der Waals surface area contributed by atoms with E-state index in [1.165, 1.54) is 36.4 Å². The highest BCUT2D eigenvalue weighted by Gasteiger charge is 2.35. The van der Waals surface area contributed by atoms with Crippen molar-refractivity contribution in [1.29, 1.82) is 0 Å². The number of benzene rings is 2. The van der Waals surface area contributed by atoms with Gasteiger partial charge >= 0.3 is 0 Å². The lowest BCUT2D eigenvalue weighted by molar-refractivity contribution is 0.433. The Labute approximate surface area is 142 Å². The minimum atomic E-state index is 0.575. The maximum atomic E-state index is 2.49. The number of hydrogen-bond acceptors (Lipinski definition) is 0. The molecule has 2 aliphatic rings. The van der Waals surface area contributed by atoms with Crippen LogP contribution in [0.2, 0.25) is 6.04 Å². The monoisotopic (exact) mass is 316 g/mol. The largest absolute Gasteiger partial charge is 0.0851 e. The summed E-state index contributed by atoms with van der Waals surface area (Å²) in [6.45, 7) is 0. The Morgan fingerprint density at radius 1 is 0.826 bits per heavy atom. The molecule has 3 atom stereocenters. The van der Waals surface area contributed by atoms with Crippen molar-refractivity contribution < 1.29 is 0 Å². The van der Waals surface area contributed by atoms with Gasteiger partial charge in [-0.1, -0.05) is 85.3 Å². The van der Waals surface area contributed by atoms with Crippen molar-refractivity contribution >= 4 is 9.52 Å². The average Bonchev–Trinajstić information content (AvgIpc) is 3.23. The van der Waals surface area contributed by atoms with E-state index in [1.54, 1.807) is 0 Å². The van der Waals surface area contributed by atoms with Crippen LogP contribution in [-0.4, -0.2) is 9.52 Å². The van der Waals surface area contributed by atoms with Crippen LogP contribution in [0.25, 0.3) is 0 Å². The molecule has 3 unspecified atom stereocenters. The molecule has 0 nitrogen and oxygen atoms in total. The minimum absolute atomic E-state index is 0.575. The highest BCUT2D eigenvalue weighted by Crippen LogP contribution is 2.45. The van der Waals surface area contributed by atoms with E-state index in [4.69, 9.17) is 0 Å². The van der Waals surface area contributed by atoms with E-state index in [0.717, 1.165) is 27.3 Å². The predicted molar refractivity (Wildman–Crippen MR) is 98.7 cm³/mol. The molecule has 2 aliphatic carbocycles. The van der Waals surface area contributed by atoms with Crippen LogP contribution in [0, 0.1) is 17.8 Å². The summed E-state index contributed by atoms with van der Waals surface area (Å²) < 4.78 is 0. The number of allylic oxidation sites excluding steroid dienone is 2. The summed E-state index contributed by atoms with van der Waals surface area (Å²) in [4.78, 5) is 0. The first kappa shape index (κ1) is 15.0. The van der Waals surface area contributed by atoms with Gasteiger partial charge in [0.25, 0.3) is 0 Å². The third-order valence-corrected chi connectivity index (χ3v) is 7.20. The molecule has 4 rings (SSSR count). The Kier molecular flexibility index (Phi) is 4.47. The van der Waals surface area contributed by atoms with Crippen LogP contribution in [0.15, 0.2) is 72.8 Å². The maximum Gasteiger partial charge on any atom is 0.0534 e. The van der Waals surface area contributed by atoms with Gasteiger partial charge in [-0.15, -0.1) is 0 Å². The topological polar surface area (TPSA) is 0 Å². The lowest BCUT2D eigenvalue weighted by Gasteiger charge is -2.21. The number of fused-ring (bicyclic) bond motifs is 2. The van der Waals surface area contributed by atoms with E-state index < -0.39 is 0 Å². The van der Waals surface area contributed by atoms with Gasteiger partial charge in [0, 0.05) is 0 Å². The molecule has 0 saturated heterocycles. The molecule has 1 saturated carbocycles. The van der Waals surface area contributed by atoms with Gasteiger partial charge in [-0.05, 0) is 47.3 Å². The molecule has 0 N–H and O–H groups in total. The zero-order valence-corrected chi connectivity index (χ0v) is 14.6.